The topological polar surface area (TPSA) is 49.8 Å². The van der Waals surface area contributed by atoms with Gasteiger partial charge >= 0.3 is 5.97 Å². The van der Waals surface area contributed by atoms with E-state index in [-0.39, 0.29) is 6.04 Å². The molecule has 1 aliphatic heterocycles. The van der Waals surface area contributed by atoms with E-state index in [1.165, 1.54) is 5.56 Å². The number of carboxylic acid groups (broad SMARTS) is 1. The number of benzene rings is 2. The molecular weight excluding hydrogens is 326 g/mol. The molecule has 1 fully saturated rings. The zero-order valence-corrected chi connectivity index (χ0v) is 15.3. The molecule has 0 radical (unpaired) electrons. The summed E-state index contributed by atoms with van der Waals surface area (Å²) >= 11 is 0. The van der Waals surface area contributed by atoms with Gasteiger partial charge in [0, 0.05) is 6.54 Å². The maximum Gasteiger partial charge on any atom is 0.320 e. The van der Waals surface area contributed by atoms with Gasteiger partial charge in [-0.2, -0.15) is 0 Å². The number of aliphatic carboxylic acids is 1. The van der Waals surface area contributed by atoms with Crippen LogP contribution in [0.1, 0.15) is 30.9 Å². The smallest absolute Gasteiger partial charge is 0.320 e. The van der Waals surface area contributed by atoms with Crippen molar-refractivity contribution >= 4 is 5.97 Å². The predicted octanol–water partition coefficient (Wildman–Crippen LogP) is 3.99. The van der Waals surface area contributed by atoms with E-state index >= 15 is 0 Å². The van der Waals surface area contributed by atoms with Gasteiger partial charge in [0.15, 0.2) is 0 Å². The molecular formula is C22H27NO3. The van der Waals surface area contributed by atoms with Crippen molar-refractivity contribution in [2.75, 3.05) is 13.1 Å². The summed E-state index contributed by atoms with van der Waals surface area (Å²) in [6, 6.07) is 18.1. The predicted molar refractivity (Wildman–Crippen MR) is 102 cm³/mol. The molecule has 4 heteroatoms. The summed E-state index contributed by atoms with van der Waals surface area (Å²) in [5.41, 5.74) is 2.42. The molecule has 2 aromatic carbocycles. The Morgan fingerprint density at radius 2 is 1.88 bits per heavy atom. The van der Waals surface area contributed by atoms with Gasteiger partial charge in [0.1, 0.15) is 18.4 Å². The maximum absolute atomic E-state index is 11.3. The van der Waals surface area contributed by atoms with E-state index in [1.54, 1.807) is 0 Å². The maximum atomic E-state index is 11.3. The lowest BCUT2D eigenvalue weighted by Gasteiger charge is -2.24. The molecule has 1 heterocycles. The van der Waals surface area contributed by atoms with E-state index in [1.807, 2.05) is 30.3 Å². The van der Waals surface area contributed by atoms with Crippen molar-refractivity contribution in [2.45, 2.75) is 38.8 Å². The molecule has 4 nitrogen and oxygen atoms in total. The van der Waals surface area contributed by atoms with Gasteiger partial charge in [-0.05, 0) is 55.0 Å². The van der Waals surface area contributed by atoms with Crippen molar-refractivity contribution in [1.29, 1.82) is 0 Å². The zero-order chi connectivity index (χ0) is 18.4. The van der Waals surface area contributed by atoms with Crippen molar-refractivity contribution in [3.63, 3.8) is 0 Å². The molecule has 0 aliphatic carbocycles. The summed E-state index contributed by atoms with van der Waals surface area (Å²) in [6.07, 6.45) is 2.70. The monoisotopic (exact) mass is 353 g/mol. The van der Waals surface area contributed by atoms with Gasteiger partial charge in [0.25, 0.3) is 0 Å². The second-order valence-electron chi connectivity index (χ2n) is 7.22. The number of likely N-dealkylation sites (tertiary alicyclic amines) is 1. The third-order valence-corrected chi connectivity index (χ3v) is 4.95. The molecule has 26 heavy (non-hydrogen) atoms. The van der Waals surface area contributed by atoms with E-state index in [2.05, 4.69) is 36.1 Å². The summed E-state index contributed by atoms with van der Waals surface area (Å²) in [5.74, 6) is 0.608. The molecule has 0 unspecified atom stereocenters. The molecule has 1 N–H and O–H groups in total. The van der Waals surface area contributed by atoms with Gasteiger partial charge < -0.3 is 9.84 Å². The van der Waals surface area contributed by atoms with Crippen LogP contribution >= 0.6 is 0 Å². The molecule has 0 bridgehead atoms. The molecule has 2 atom stereocenters. The highest BCUT2D eigenvalue weighted by Crippen LogP contribution is 2.21. The molecule has 1 saturated heterocycles. The van der Waals surface area contributed by atoms with Crippen LogP contribution in [0.3, 0.4) is 0 Å². The van der Waals surface area contributed by atoms with Gasteiger partial charge in [0.05, 0.1) is 0 Å². The number of carboxylic acids is 1. The van der Waals surface area contributed by atoms with Gasteiger partial charge in [0.2, 0.25) is 0 Å². The summed E-state index contributed by atoms with van der Waals surface area (Å²) in [6.45, 7) is 4.50. The number of hydrogen-bond acceptors (Lipinski definition) is 3. The molecule has 0 amide bonds. The minimum Gasteiger partial charge on any atom is -0.489 e. The Labute approximate surface area is 155 Å². The van der Waals surface area contributed by atoms with Crippen LogP contribution < -0.4 is 4.74 Å². The second-order valence-corrected chi connectivity index (χ2v) is 7.22. The van der Waals surface area contributed by atoms with Crippen LogP contribution in [0.4, 0.5) is 0 Å². The fourth-order valence-electron chi connectivity index (χ4n) is 3.65. The summed E-state index contributed by atoms with van der Waals surface area (Å²) < 4.78 is 5.83. The SMILES string of the molecule is C[C@@H](Cc1ccc(OCc2ccccc2)cc1)CN1CCC[C@H]1C(=O)O. The lowest BCUT2D eigenvalue weighted by atomic mass is 10.00. The number of rotatable bonds is 8. The first kappa shape index (κ1) is 18.5. The fourth-order valence-corrected chi connectivity index (χ4v) is 3.65. The molecule has 0 saturated carbocycles. The van der Waals surface area contributed by atoms with Crippen molar-refractivity contribution in [3.05, 3.63) is 65.7 Å². The summed E-state index contributed by atoms with van der Waals surface area (Å²) in [5, 5.41) is 9.29. The summed E-state index contributed by atoms with van der Waals surface area (Å²) in [7, 11) is 0. The minimum absolute atomic E-state index is 0.300. The van der Waals surface area contributed by atoms with Crippen LogP contribution in [0.2, 0.25) is 0 Å². The average molecular weight is 353 g/mol. The van der Waals surface area contributed by atoms with Crippen LogP contribution in [-0.4, -0.2) is 35.1 Å². The normalized spacial score (nSPS) is 18.6. The Bertz CT molecular complexity index is 699. The lowest BCUT2D eigenvalue weighted by Crippen LogP contribution is -2.38. The summed E-state index contributed by atoms with van der Waals surface area (Å²) in [4.78, 5) is 13.4. The third-order valence-electron chi connectivity index (χ3n) is 4.95. The van der Waals surface area contributed by atoms with Crippen LogP contribution in [0, 0.1) is 5.92 Å². The lowest BCUT2D eigenvalue weighted by molar-refractivity contribution is -0.142. The van der Waals surface area contributed by atoms with E-state index in [0.29, 0.717) is 12.5 Å². The standard InChI is InChI=1S/C22H27NO3/c1-17(15-23-13-5-8-21(23)22(24)25)14-18-9-11-20(12-10-18)26-16-19-6-3-2-4-7-19/h2-4,6-7,9-12,17,21H,5,8,13-16H2,1H3,(H,24,25)/t17-,21-/m0/s1. The fraction of sp³-hybridized carbons (Fsp3) is 0.409. The Morgan fingerprint density at radius 3 is 2.58 bits per heavy atom. The Kier molecular flexibility index (Phi) is 6.29. The van der Waals surface area contributed by atoms with Gasteiger partial charge in [-0.3, -0.25) is 9.69 Å². The van der Waals surface area contributed by atoms with Crippen LogP contribution in [0.15, 0.2) is 54.6 Å². The highest BCUT2D eigenvalue weighted by molar-refractivity contribution is 5.73. The van der Waals surface area contributed by atoms with Crippen LogP contribution in [-0.2, 0) is 17.8 Å². The minimum atomic E-state index is -0.686. The first-order valence-corrected chi connectivity index (χ1v) is 9.34. The van der Waals surface area contributed by atoms with E-state index in [0.717, 1.165) is 43.7 Å². The largest absolute Gasteiger partial charge is 0.489 e. The van der Waals surface area contributed by atoms with Crippen molar-refractivity contribution in [1.82, 2.24) is 4.90 Å². The number of ether oxygens (including phenoxy) is 1. The molecule has 3 rings (SSSR count). The third kappa shape index (κ3) is 5.09. The zero-order valence-electron chi connectivity index (χ0n) is 15.3. The number of nitrogens with zero attached hydrogens (tertiary/aromatic N) is 1. The van der Waals surface area contributed by atoms with Crippen LogP contribution in [0.25, 0.3) is 0 Å². The Hall–Kier alpha value is -2.33. The quantitative estimate of drug-likeness (QED) is 0.779. The molecule has 2 aromatic rings. The highest BCUT2D eigenvalue weighted by atomic mass is 16.5. The van der Waals surface area contributed by atoms with Crippen molar-refractivity contribution in [2.24, 2.45) is 5.92 Å². The average Bonchev–Trinajstić information content (AvgIpc) is 3.10. The molecule has 0 aromatic heterocycles. The molecule has 1 aliphatic rings. The second kappa shape index (κ2) is 8.86. The Balaban J connectivity index is 1.48. The Morgan fingerprint density at radius 1 is 1.15 bits per heavy atom. The molecule has 138 valence electrons. The first-order chi connectivity index (χ1) is 12.6. The number of carbonyl (C=O) groups is 1. The van der Waals surface area contributed by atoms with Crippen LogP contribution in [0.5, 0.6) is 5.75 Å². The van der Waals surface area contributed by atoms with Gasteiger partial charge in [-0.15, -0.1) is 0 Å². The van der Waals surface area contributed by atoms with E-state index in [9.17, 15) is 9.90 Å². The van der Waals surface area contributed by atoms with Gasteiger partial charge in [-0.25, -0.2) is 0 Å². The van der Waals surface area contributed by atoms with Gasteiger partial charge in [-0.1, -0.05) is 49.4 Å². The first-order valence-electron chi connectivity index (χ1n) is 9.34. The van der Waals surface area contributed by atoms with E-state index < -0.39 is 5.97 Å². The van der Waals surface area contributed by atoms with E-state index in [4.69, 9.17) is 4.74 Å². The van der Waals surface area contributed by atoms with Crippen molar-refractivity contribution < 1.29 is 14.6 Å². The van der Waals surface area contributed by atoms with Crippen molar-refractivity contribution in [3.8, 4) is 5.75 Å². The number of hydrogen-bond donors (Lipinski definition) is 1. The molecule has 0 spiro atoms. The highest BCUT2D eigenvalue weighted by Gasteiger charge is 2.30.